The van der Waals surface area contributed by atoms with E-state index < -0.39 is 35.5 Å². The number of hydrogen-bond donors (Lipinski definition) is 2. The number of allylic oxidation sites excluding steroid dienone is 4. The second-order valence-electron chi connectivity index (χ2n) is 10.4. The topological polar surface area (TPSA) is 93.1 Å². The van der Waals surface area contributed by atoms with Crippen molar-refractivity contribution in [3.63, 3.8) is 0 Å². The number of carboxylic acids is 1. The van der Waals surface area contributed by atoms with Gasteiger partial charge in [0.15, 0.2) is 17.7 Å². The normalized spacial score (nSPS) is 51.6. The Kier molecular flexibility index (Phi) is 4.42. The minimum atomic E-state index is -1.40. The Hall–Kier alpha value is -1.50. The van der Waals surface area contributed by atoms with E-state index in [1.54, 1.807) is 12.2 Å². The van der Waals surface area contributed by atoms with Crippen molar-refractivity contribution < 1.29 is 29.3 Å². The largest absolute Gasteiger partial charge is 0.479 e. The third-order valence-corrected chi connectivity index (χ3v) is 9.13. The highest BCUT2D eigenvalue weighted by atomic mass is 16.7. The number of fused-ring (bicyclic) bond motifs is 7. The lowest BCUT2D eigenvalue weighted by Crippen LogP contribution is -2.63. The molecule has 1 heterocycles. The lowest BCUT2D eigenvalue weighted by atomic mass is 9.46. The molecule has 0 spiro atoms. The van der Waals surface area contributed by atoms with Crippen LogP contribution in [0.15, 0.2) is 23.8 Å². The molecule has 2 N–H and O–H groups in total. The van der Waals surface area contributed by atoms with Gasteiger partial charge in [0.05, 0.1) is 6.10 Å². The molecule has 0 aromatic rings. The summed E-state index contributed by atoms with van der Waals surface area (Å²) in [5, 5.41) is 21.8. The third kappa shape index (κ3) is 2.36. The average Bonchev–Trinajstić information content (AvgIpc) is 3.15. The maximum atomic E-state index is 12.7. The Labute approximate surface area is 177 Å². The Morgan fingerprint density at radius 3 is 2.80 bits per heavy atom. The number of rotatable bonds is 3. The van der Waals surface area contributed by atoms with Crippen LogP contribution in [0.3, 0.4) is 0 Å². The Morgan fingerprint density at radius 1 is 1.33 bits per heavy atom. The molecule has 0 aromatic carbocycles. The van der Waals surface area contributed by atoms with Crippen LogP contribution in [0.4, 0.5) is 0 Å². The summed E-state index contributed by atoms with van der Waals surface area (Å²) in [5.41, 5.74) is -1.37. The number of ketones is 1. The molecular formula is C24H32O6. The number of aliphatic hydroxyl groups excluding tert-OH is 1. The summed E-state index contributed by atoms with van der Waals surface area (Å²) < 4.78 is 12.4. The number of carbonyl (C=O) groups is 2. The van der Waals surface area contributed by atoms with Crippen LogP contribution in [-0.2, 0) is 19.1 Å². The van der Waals surface area contributed by atoms with E-state index in [1.807, 2.05) is 19.9 Å². The monoisotopic (exact) mass is 416 g/mol. The van der Waals surface area contributed by atoms with E-state index in [1.165, 1.54) is 0 Å². The van der Waals surface area contributed by atoms with E-state index in [9.17, 15) is 19.8 Å². The SMILES string of the molecule is CCC[C@@H]1O[C@@H]2C[C@@H]3[C@H]4CCC5=CC(=O)C=C[C@]5(C)[C@@H]4[C@@H](O)C[C@]3(C)[C@@]2(C(=O)O)O1. The third-order valence-electron chi connectivity index (χ3n) is 9.13. The molecule has 9 atom stereocenters. The Bertz CT molecular complexity index is 847. The quantitative estimate of drug-likeness (QED) is 0.734. The summed E-state index contributed by atoms with van der Waals surface area (Å²) >= 11 is 0. The molecule has 4 aliphatic carbocycles. The molecule has 5 aliphatic rings. The van der Waals surface area contributed by atoms with Crippen LogP contribution in [0.25, 0.3) is 0 Å². The van der Waals surface area contributed by atoms with Crippen molar-refractivity contribution in [3.8, 4) is 0 Å². The van der Waals surface area contributed by atoms with E-state index in [4.69, 9.17) is 9.47 Å². The van der Waals surface area contributed by atoms with Crippen LogP contribution in [0.5, 0.6) is 0 Å². The molecule has 1 aliphatic heterocycles. The lowest BCUT2D eigenvalue weighted by Gasteiger charge is -2.59. The summed E-state index contributed by atoms with van der Waals surface area (Å²) in [4.78, 5) is 24.6. The molecule has 5 rings (SSSR count). The molecule has 164 valence electrons. The van der Waals surface area contributed by atoms with E-state index in [0.29, 0.717) is 19.3 Å². The van der Waals surface area contributed by atoms with Gasteiger partial charge in [-0.3, -0.25) is 4.79 Å². The standard InChI is InChI=1S/C24H32O6/c1-4-5-19-29-18-11-16-15-7-6-13-10-14(25)8-9-22(13,2)20(15)17(26)12-23(16,3)24(18,30-19)21(27)28/h8-10,15-20,26H,4-7,11-12H2,1-3H3,(H,27,28)/t15-,16-,17+,18-,19-,20+,22+,23+,24-/m1/s1. The summed E-state index contributed by atoms with van der Waals surface area (Å²) in [6.45, 7) is 6.15. The summed E-state index contributed by atoms with van der Waals surface area (Å²) in [5.74, 6) is -0.722. The highest BCUT2D eigenvalue weighted by molar-refractivity contribution is 6.01. The second kappa shape index (κ2) is 6.50. The number of carbonyl (C=O) groups excluding carboxylic acids is 1. The van der Waals surface area contributed by atoms with Crippen molar-refractivity contribution in [2.45, 2.75) is 83.4 Å². The van der Waals surface area contributed by atoms with E-state index >= 15 is 0 Å². The smallest absolute Gasteiger partial charge is 0.339 e. The lowest BCUT2D eigenvalue weighted by molar-refractivity contribution is -0.210. The molecule has 4 fully saturated rings. The van der Waals surface area contributed by atoms with E-state index in [2.05, 4.69) is 6.92 Å². The van der Waals surface area contributed by atoms with E-state index in [0.717, 1.165) is 24.8 Å². The van der Waals surface area contributed by atoms with Gasteiger partial charge in [0.25, 0.3) is 0 Å². The number of carboxylic acid groups (broad SMARTS) is 1. The zero-order valence-electron chi connectivity index (χ0n) is 18.0. The Balaban J connectivity index is 1.55. The molecule has 0 radical (unpaired) electrons. The zero-order chi connectivity index (χ0) is 21.5. The fourth-order valence-corrected chi connectivity index (χ4v) is 7.87. The first-order valence-electron chi connectivity index (χ1n) is 11.4. The van der Waals surface area contributed by atoms with Crippen molar-refractivity contribution >= 4 is 11.8 Å². The van der Waals surface area contributed by atoms with Gasteiger partial charge in [-0.1, -0.05) is 38.8 Å². The molecule has 0 aromatic heterocycles. The molecule has 0 bridgehead atoms. The van der Waals surface area contributed by atoms with Gasteiger partial charge in [-0.15, -0.1) is 0 Å². The average molecular weight is 417 g/mol. The zero-order valence-corrected chi connectivity index (χ0v) is 18.0. The van der Waals surface area contributed by atoms with Gasteiger partial charge in [-0.2, -0.15) is 0 Å². The first-order valence-corrected chi connectivity index (χ1v) is 11.4. The molecule has 0 unspecified atom stereocenters. The predicted octanol–water partition coefficient (Wildman–Crippen LogP) is 3.24. The van der Waals surface area contributed by atoms with Crippen LogP contribution in [-0.4, -0.2) is 46.1 Å². The van der Waals surface area contributed by atoms with Crippen LogP contribution in [0.1, 0.15) is 59.3 Å². The molecule has 0 amide bonds. The van der Waals surface area contributed by atoms with Gasteiger partial charge >= 0.3 is 5.97 Å². The van der Waals surface area contributed by atoms with Gasteiger partial charge in [0, 0.05) is 16.7 Å². The maximum absolute atomic E-state index is 12.7. The minimum absolute atomic E-state index is 0.0139. The molecule has 6 heteroatoms. The van der Waals surface area contributed by atoms with Gasteiger partial charge in [-0.05, 0) is 56.1 Å². The second-order valence-corrected chi connectivity index (χ2v) is 10.4. The number of hydrogen-bond acceptors (Lipinski definition) is 5. The summed E-state index contributed by atoms with van der Waals surface area (Å²) in [7, 11) is 0. The predicted molar refractivity (Wildman–Crippen MR) is 108 cm³/mol. The summed E-state index contributed by atoms with van der Waals surface area (Å²) in [6, 6.07) is 0. The van der Waals surface area contributed by atoms with Crippen molar-refractivity contribution in [2.24, 2.45) is 28.6 Å². The fraction of sp³-hybridized carbons (Fsp3) is 0.750. The maximum Gasteiger partial charge on any atom is 0.339 e. The van der Waals surface area contributed by atoms with Gasteiger partial charge in [0.1, 0.15) is 6.10 Å². The van der Waals surface area contributed by atoms with Crippen LogP contribution in [0, 0.1) is 28.6 Å². The van der Waals surface area contributed by atoms with Gasteiger partial charge in [-0.25, -0.2) is 4.79 Å². The highest BCUT2D eigenvalue weighted by Gasteiger charge is 2.76. The number of ether oxygens (including phenoxy) is 2. The first kappa shape index (κ1) is 20.4. The Morgan fingerprint density at radius 2 is 2.10 bits per heavy atom. The fourth-order valence-electron chi connectivity index (χ4n) is 7.87. The molecule has 3 saturated carbocycles. The van der Waals surface area contributed by atoms with Crippen molar-refractivity contribution in [1.82, 2.24) is 0 Å². The van der Waals surface area contributed by atoms with Crippen molar-refractivity contribution in [1.29, 1.82) is 0 Å². The van der Waals surface area contributed by atoms with Gasteiger partial charge < -0.3 is 19.7 Å². The number of aliphatic carboxylic acids is 1. The first-order chi connectivity index (χ1) is 14.2. The summed E-state index contributed by atoms with van der Waals surface area (Å²) in [6.07, 6.45) is 7.90. The molecular weight excluding hydrogens is 384 g/mol. The van der Waals surface area contributed by atoms with Crippen LogP contribution in [0.2, 0.25) is 0 Å². The van der Waals surface area contributed by atoms with Crippen molar-refractivity contribution in [3.05, 3.63) is 23.8 Å². The van der Waals surface area contributed by atoms with Crippen molar-refractivity contribution in [2.75, 3.05) is 0 Å². The van der Waals surface area contributed by atoms with Crippen LogP contribution >= 0.6 is 0 Å². The highest BCUT2D eigenvalue weighted by Crippen LogP contribution is 2.69. The van der Waals surface area contributed by atoms with Gasteiger partial charge in [0.2, 0.25) is 0 Å². The van der Waals surface area contributed by atoms with Crippen LogP contribution < -0.4 is 0 Å². The molecule has 30 heavy (non-hydrogen) atoms. The molecule has 1 saturated heterocycles. The minimum Gasteiger partial charge on any atom is -0.479 e. The van der Waals surface area contributed by atoms with E-state index in [-0.39, 0.29) is 29.0 Å². The molecule has 6 nitrogen and oxygen atoms in total. The number of aliphatic hydroxyl groups is 1.